The van der Waals surface area contributed by atoms with E-state index in [-0.39, 0.29) is 5.54 Å². The van der Waals surface area contributed by atoms with Crippen molar-refractivity contribution in [2.75, 3.05) is 53.9 Å². The summed E-state index contributed by atoms with van der Waals surface area (Å²) in [5, 5.41) is 0. The molecule has 4 nitrogen and oxygen atoms in total. The van der Waals surface area contributed by atoms with E-state index in [9.17, 15) is 0 Å². The van der Waals surface area contributed by atoms with E-state index >= 15 is 0 Å². The van der Waals surface area contributed by atoms with Crippen LogP contribution < -0.4 is 5.73 Å². The van der Waals surface area contributed by atoms with Gasteiger partial charge in [-0.3, -0.25) is 4.90 Å². The standard InChI is InChI=1S/C15H32N4/c1-17-9-5-7-15(13-16,8-11-17)19(3)12-14-6-4-10-18(14)2/h14H,4-13,16H2,1-3H3. The highest BCUT2D eigenvalue weighted by Gasteiger charge is 2.36. The lowest BCUT2D eigenvalue weighted by molar-refractivity contribution is 0.0819. The van der Waals surface area contributed by atoms with Gasteiger partial charge in [-0.25, -0.2) is 0 Å². The molecule has 2 saturated heterocycles. The Hall–Kier alpha value is -0.160. The zero-order chi connectivity index (χ0) is 13.9. The lowest BCUT2D eigenvalue weighted by Crippen LogP contribution is -2.55. The van der Waals surface area contributed by atoms with Crippen molar-refractivity contribution in [1.82, 2.24) is 14.7 Å². The Balaban J connectivity index is 1.98. The number of nitrogens with zero attached hydrogens (tertiary/aromatic N) is 3. The second-order valence-electron chi connectivity index (χ2n) is 6.74. The fraction of sp³-hybridized carbons (Fsp3) is 1.00. The third-order valence-corrected chi connectivity index (χ3v) is 5.49. The first-order chi connectivity index (χ1) is 9.07. The Labute approximate surface area is 118 Å². The van der Waals surface area contributed by atoms with Gasteiger partial charge in [0.15, 0.2) is 0 Å². The molecule has 2 heterocycles. The quantitative estimate of drug-likeness (QED) is 0.819. The minimum Gasteiger partial charge on any atom is -0.329 e. The lowest BCUT2D eigenvalue weighted by Gasteiger charge is -2.42. The minimum absolute atomic E-state index is 0.230. The second kappa shape index (κ2) is 6.53. The van der Waals surface area contributed by atoms with Crippen LogP contribution in [0.5, 0.6) is 0 Å². The molecule has 2 aliphatic heterocycles. The molecule has 0 bridgehead atoms. The van der Waals surface area contributed by atoms with Crippen LogP contribution in [0, 0.1) is 0 Å². The molecule has 2 atom stereocenters. The van der Waals surface area contributed by atoms with Crippen LogP contribution >= 0.6 is 0 Å². The molecule has 2 N–H and O–H groups in total. The van der Waals surface area contributed by atoms with Gasteiger partial charge in [-0.05, 0) is 72.9 Å². The summed E-state index contributed by atoms with van der Waals surface area (Å²) in [4.78, 5) is 7.55. The van der Waals surface area contributed by atoms with Crippen molar-refractivity contribution in [3.8, 4) is 0 Å². The van der Waals surface area contributed by atoms with Crippen LogP contribution in [-0.4, -0.2) is 80.1 Å². The maximum absolute atomic E-state index is 6.19. The van der Waals surface area contributed by atoms with Crippen LogP contribution in [0.2, 0.25) is 0 Å². The minimum atomic E-state index is 0.230. The fourth-order valence-electron chi connectivity index (χ4n) is 3.78. The maximum Gasteiger partial charge on any atom is 0.0341 e. The van der Waals surface area contributed by atoms with Crippen molar-refractivity contribution in [3.63, 3.8) is 0 Å². The highest BCUT2D eigenvalue weighted by Crippen LogP contribution is 2.28. The van der Waals surface area contributed by atoms with Gasteiger partial charge in [0.25, 0.3) is 0 Å². The second-order valence-corrected chi connectivity index (χ2v) is 6.74. The molecule has 0 saturated carbocycles. The Morgan fingerprint density at radius 3 is 2.58 bits per heavy atom. The molecular weight excluding hydrogens is 236 g/mol. The first kappa shape index (κ1) is 15.2. The van der Waals surface area contributed by atoms with Crippen LogP contribution in [0.15, 0.2) is 0 Å². The third kappa shape index (κ3) is 3.48. The molecule has 0 aromatic carbocycles. The molecule has 112 valence electrons. The van der Waals surface area contributed by atoms with Gasteiger partial charge in [-0.15, -0.1) is 0 Å². The summed E-state index contributed by atoms with van der Waals surface area (Å²) < 4.78 is 0. The predicted molar refractivity (Wildman–Crippen MR) is 81.4 cm³/mol. The smallest absolute Gasteiger partial charge is 0.0341 e. The highest BCUT2D eigenvalue weighted by molar-refractivity contribution is 4.95. The van der Waals surface area contributed by atoms with E-state index in [0.717, 1.165) is 12.6 Å². The zero-order valence-corrected chi connectivity index (χ0v) is 13.1. The number of nitrogens with two attached hydrogens (primary N) is 1. The topological polar surface area (TPSA) is 35.7 Å². The zero-order valence-electron chi connectivity index (χ0n) is 13.1. The molecule has 19 heavy (non-hydrogen) atoms. The molecule has 2 rings (SSSR count). The molecule has 0 radical (unpaired) electrons. The average molecular weight is 268 g/mol. The van der Waals surface area contributed by atoms with Crippen molar-refractivity contribution in [2.45, 2.75) is 43.7 Å². The monoisotopic (exact) mass is 268 g/mol. The molecule has 0 amide bonds. The molecule has 0 aromatic heterocycles. The maximum atomic E-state index is 6.19. The fourth-order valence-corrected chi connectivity index (χ4v) is 3.78. The van der Waals surface area contributed by atoms with Gasteiger partial charge in [0.05, 0.1) is 0 Å². The van der Waals surface area contributed by atoms with Crippen molar-refractivity contribution in [2.24, 2.45) is 5.73 Å². The summed E-state index contributed by atoms with van der Waals surface area (Å²) in [7, 11) is 6.79. The largest absolute Gasteiger partial charge is 0.329 e. The average Bonchev–Trinajstić information content (AvgIpc) is 2.69. The predicted octanol–water partition coefficient (Wildman–Crippen LogP) is 0.826. The number of rotatable bonds is 4. The van der Waals surface area contributed by atoms with Crippen molar-refractivity contribution >= 4 is 0 Å². The molecule has 0 spiro atoms. The summed E-state index contributed by atoms with van der Waals surface area (Å²) in [5.74, 6) is 0. The Morgan fingerprint density at radius 1 is 1.16 bits per heavy atom. The van der Waals surface area contributed by atoms with Crippen LogP contribution in [0.3, 0.4) is 0 Å². The summed E-state index contributed by atoms with van der Waals surface area (Å²) in [6, 6.07) is 0.731. The third-order valence-electron chi connectivity index (χ3n) is 5.49. The first-order valence-electron chi connectivity index (χ1n) is 7.87. The Bertz CT molecular complexity index is 283. The number of hydrogen-bond acceptors (Lipinski definition) is 4. The van der Waals surface area contributed by atoms with Crippen molar-refractivity contribution < 1.29 is 0 Å². The van der Waals surface area contributed by atoms with Crippen molar-refractivity contribution in [3.05, 3.63) is 0 Å². The molecule has 2 unspecified atom stereocenters. The summed E-state index contributed by atoms with van der Waals surface area (Å²) in [6.07, 6.45) is 6.45. The van der Waals surface area contributed by atoms with Crippen LogP contribution in [0.25, 0.3) is 0 Å². The normalized spacial score (nSPS) is 34.9. The van der Waals surface area contributed by atoms with Crippen molar-refractivity contribution in [1.29, 1.82) is 0 Å². The summed E-state index contributed by atoms with van der Waals surface area (Å²) >= 11 is 0. The SMILES string of the molecule is CN1CCCC(CN)(N(C)CC2CCCN2C)CC1. The molecule has 0 aromatic rings. The Kier molecular flexibility index (Phi) is 5.23. The van der Waals surface area contributed by atoms with Gasteiger partial charge in [0.1, 0.15) is 0 Å². The molecule has 2 aliphatic rings. The molecule has 2 fully saturated rings. The van der Waals surface area contributed by atoms with Gasteiger partial charge in [-0.2, -0.15) is 0 Å². The van der Waals surface area contributed by atoms with Crippen LogP contribution in [-0.2, 0) is 0 Å². The number of likely N-dealkylation sites (tertiary alicyclic amines) is 2. The van der Waals surface area contributed by atoms with Gasteiger partial charge >= 0.3 is 0 Å². The number of hydrogen-bond donors (Lipinski definition) is 1. The summed E-state index contributed by atoms with van der Waals surface area (Å²) in [5.41, 5.74) is 6.42. The van der Waals surface area contributed by atoms with E-state index < -0.39 is 0 Å². The van der Waals surface area contributed by atoms with Gasteiger partial charge in [0.2, 0.25) is 0 Å². The van der Waals surface area contributed by atoms with E-state index in [1.807, 2.05) is 0 Å². The Morgan fingerprint density at radius 2 is 1.95 bits per heavy atom. The van der Waals surface area contributed by atoms with Crippen LogP contribution in [0.4, 0.5) is 0 Å². The van der Waals surface area contributed by atoms with Gasteiger partial charge in [0, 0.05) is 24.7 Å². The van der Waals surface area contributed by atoms with Crippen LogP contribution in [0.1, 0.15) is 32.1 Å². The number of likely N-dealkylation sites (N-methyl/N-ethyl adjacent to an activating group) is 2. The van der Waals surface area contributed by atoms with E-state index in [1.165, 1.54) is 58.3 Å². The molecular formula is C15H32N4. The van der Waals surface area contributed by atoms with E-state index in [2.05, 4.69) is 35.8 Å². The van der Waals surface area contributed by atoms with E-state index in [4.69, 9.17) is 5.73 Å². The molecule has 0 aliphatic carbocycles. The molecule has 4 heteroatoms. The van der Waals surface area contributed by atoms with E-state index in [1.54, 1.807) is 0 Å². The highest BCUT2D eigenvalue weighted by atomic mass is 15.3. The van der Waals surface area contributed by atoms with Gasteiger partial charge in [-0.1, -0.05) is 0 Å². The van der Waals surface area contributed by atoms with E-state index in [0.29, 0.717) is 0 Å². The summed E-state index contributed by atoms with van der Waals surface area (Å²) in [6.45, 7) is 5.64. The lowest BCUT2D eigenvalue weighted by atomic mass is 9.88. The first-order valence-corrected chi connectivity index (χ1v) is 7.87. The van der Waals surface area contributed by atoms with Gasteiger partial charge < -0.3 is 15.5 Å².